The first-order chi connectivity index (χ1) is 12.2. The Bertz CT molecular complexity index is 732. The zero-order valence-corrected chi connectivity index (χ0v) is 14.8. The molecule has 1 atom stereocenters. The third-order valence-electron chi connectivity index (χ3n) is 4.92. The number of piperidine rings is 1. The van der Waals surface area contributed by atoms with Gasteiger partial charge in [-0.1, -0.05) is 30.3 Å². The minimum Gasteiger partial charge on any atom is -0.496 e. The molecular weight excluding hydrogens is 314 g/mol. The van der Waals surface area contributed by atoms with Crippen LogP contribution < -0.4 is 15.8 Å². The summed E-state index contributed by atoms with van der Waals surface area (Å²) in [5.41, 5.74) is 6.68. The number of likely N-dealkylation sites (tertiary alicyclic amines) is 1. The number of fused-ring (bicyclic) bond motifs is 1. The molecule has 0 bridgehead atoms. The molecule has 0 aliphatic carbocycles. The topological polar surface area (TPSA) is 67.6 Å². The van der Waals surface area contributed by atoms with E-state index in [1.165, 1.54) is 16.3 Å². The summed E-state index contributed by atoms with van der Waals surface area (Å²) >= 11 is 0. The van der Waals surface area contributed by atoms with Crippen LogP contribution in [-0.4, -0.2) is 44.1 Å². The number of nitrogens with zero attached hydrogens (tertiary/aromatic N) is 1. The Balaban J connectivity index is 1.77. The number of rotatable bonds is 6. The molecular formula is C20H27N3O2. The van der Waals surface area contributed by atoms with Crippen molar-refractivity contribution in [1.29, 1.82) is 0 Å². The van der Waals surface area contributed by atoms with Crippen molar-refractivity contribution in [3.05, 3.63) is 42.0 Å². The lowest BCUT2D eigenvalue weighted by Gasteiger charge is -2.32. The Morgan fingerprint density at radius 3 is 2.96 bits per heavy atom. The Kier molecular flexibility index (Phi) is 5.89. The molecule has 1 saturated heterocycles. The summed E-state index contributed by atoms with van der Waals surface area (Å²) in [6.07, 6.45) is 1.98. The van der Waals surface area contributed by atoms with Gasteiger partial charge in [-0.25, -0.2) is 0 Å². The van der Waals surface area contributed by atoms with Gasteiger partial charge in [-0.3, -0.25) is 9.69 Å². The maximum atomic E-state index is 12.3. The maximum Gasteiger partial charge on any atom is 0.224 e. The van der Waals surface area contributed by atoms with Crippen LogP contribution in [0.5, 0.6) is 5.75 Å². The van der Waals surface area contributed by atoms with Gasteiger partial charge < -0.3 is 15.8 Å². The molecule has 1 unspecified atom stereocenters. The molecule has 25 heavy (non-hydrogen) atoms. The standard InChI is InChI=1S/C20H27N3O2/c1-25-19-9-8-15-5-2-3-7-17(15)18(19)14-23-12-4-6-16(13-23)20(24)22-11-10-21/h2-3,5,7-9,16H,4,6,10-14,21H2,1H3,(H,22,24). The van der Waals surface area contributed by atoms with Crippen molar-refractivity contribution in [1.82, 2.24) is 10.2 Å². The predicted octanol–water partition coefficient (Wildman–Crippen LogP) is 2.14. The number of hydrogen-bond donors (Lipinski definition) is 2. The van der Waals surface area contributed by atoms with Gasteiger partial charge in [0, 0.05) is 31.7 Å². The van der Waals surface area contributed by atoms with E-state index in [1.807, 2.05) is 6.07 Å². The molecule has 1 aliphatic heterocycles. The average molecular weight is 341 g/mol. The Morgan fingerprint density at radius 2 is 2.16 bits per heavy atom. The van der Waals surface area contributed by atoms with E-state index in [0.717, 1.165) is 38.2 Å². The third kappa shape index (κ3) is 4.11. The van der Waals surface area contributed by atoms with Gasteiger partial charge in [0.2, 0.25) is 5.91 Å². The molecule has 0 spiro atoms. The lowest BCUT2D eigenvalue weighted by Crippen LogP contribution is -2.43. The summed E-state index contributed by atoms with van der Waals surface area (Å²) in [6.45, 7) is 3.61. The van der Waals surface area contributed by atoms with E-state index >= 15 is 0 Å². The van der Waals surface area contributed by atoms with Gasteiger partial charge in [0.25, 0.3) is 0 Å². The molecule has 1 fully saturated rings. The van der Waals surface area contributed by atoms with Gasteiger partial charge >= 0.3 is 0 Å². The third-order valence-corrected chi connectivity index (χ3v) is 4.92. The summed E-state index contributed by atoms with van der Waals surface area (Å²) in [5, 5.41) is 5.36. The van der Waals surface area contributed by atoms with Gasteiger partial charge in [-0.2, -0.15) is 0 Å². The molecule has 0 saturated carbocycles. The average Bonchev–Trinajstić information content (AvgIpc) is 2.66. The first kappa shape index (κ1) is 17.7. The van der Waals surface area contributed by atoms with Crippen molar-refractivity contribution in [3.63, 3.8) is 0 Å². The van der Waals surface area contributed by atoms with Crippen molar-refractivity contribution in [2.24, 2.45) is 11.7 Å². The molecule has 5 heteroatoms. The number of carbonyl (C=O) groups is 1. The van der Waals surface area contributed by atoms with Crippen LogP contribution in [0.3, 0.4) is 0 Å². The van der Waals surface area contributed by atoms with Gasteiger partial charge in [0.05, 0.1) is 13.0 Å². The number of nitrogens with one attached hydrogen (secondary N) is 1. The normalized spacial score (nSPS) is 18.2. The van der Waals surface area contributed by atoms with E-state index in [-0.39, 0.29) is 11.8 Å². The zero-order valence-electron chi connectivity index (χ0n) is 14.8. The second-order valence-electron chi connectivity index (χ2n) is 6.62. The molecule has 3 N–H and O–H groups in total. The number of methoxy groups -OCH3 is 1. The fourth-order valence-corrected chi connectivity index (χ4v) is 3.65. The zero-order chi connectivity index (χ0) is 17.6. The summed E-state index contributed by atoms with van der Waals surface area (Å²) in [5.74, 6) is 1.08. The monoisotopic (exact) mass is 341 g/mol. The van der Waals surface area contributed by atoms with Crippen LogP contribution in [0, 0.1) is 5.92 Å². The van der Waals surface area contributed by atoms with Crippen molar-refractivity contribution >= 4 is 16.7 Å². The summed E-state index contributed by atoms with van der Waals surface area (Å²) in [6, 6.07) is 12.5. The highest BCUT2D eigenvalue weighted by atomic mass is 16.5. The molecule has 1 amide bonds. The maximum absolute atomic E-state index is 12.3. The van der Waals surface area contributed by atoms with Crippen molar-refractivity contribution < 1.29 is 9.53 Å². The van der Waals surface area contributed by atoms with Crippen LogP contribution >= 0.6 is 0 Å². The van der Waals surface area contributed by atoms with Crippen LogP contribution in [0.4, 0.5) is 0 Å². The van der Waals surface area contributed by atoms with Crippen LogP contribution in [-0.2, 0) is 11.3 Å². The summed E-state index contributed by atoms with van der Waals surface area (Å²) < 4.78 is 5.60. The second-order valence-corrected chi connectivity index (χ2v) is 6.62. The molecule has 0 aromatic heterocycles. The van der Waals surface area contributed by atoms with Crippen molar-refractivity contribution in [2.45, 2.75) is 19.4 Å². The van der Waals surface area contributed by atoms with Crippen molar-refractivity contribution in [2.75, 3.05) is 33.3 Å². The van der Waals surface area contributed by atoms with Crippen molar-refractivity contribution in [3.8, 4) is 5.75 Å². The highest BCUT2D eigenvalue weighted by molar-refractivity contribution is 5.87. The first-order valence-corrected chi connectivity index (χ1v) is 8.97. The smallest absolute Gasteiger partial charge is 0.224 e. The lowest BCUT2D eigenvalue weighted by molar-refractivity contribution is -0.126. The van der Waals surface area contributed by atoms with E-state index in [1.54, 1.807) is 7.11 Å². The number of ether oxygens (including phenoxy) is 1. The van der Waals surface area contributed by atoms with Crippen LogP contribution in [0.1, 0.15) is 18.4 Å². The molecule has 3 rings (SSSR count). The molecule has 2 aromatic carbocycles. The fraction of sp³-hybridized carbons (Fsp3) is 0.450. The fourth-order valence-electron chi connectivity index (χ4n) is 3.65. The number of hydrogen-bond acceptors (Lipinski definition) is 4. The predicted molar refractivity (Wildman–Crippen MR) is 101 cm³/mol. The Morgan fingerprint density at radius 1 is 1.32 bits per heavy atom. The minimum atomic E-state index is 0.0428. The van der Waals surface area contributed by atoms with E-state index in [2.05, 4.69) is 40.5 Å². The van der Waals surface area contributed by atoms with E-state index in [4.69, 9.17) is 10.5 Å². The first-order valence-electron chi connectivity index (χ1n) is 8.97. The number of nitrogens with two attached hydrogens (primary N) is 1. The van der Waals surface area contributed by atoms with E-state index in [0.29, 0.717) is 13.1 Å². The lowest BCUT2D eigenvalue weighted by atomic mass is 9.95. The highest BCUT2D eigenvalue weighted by Gasteiger charge is 2.26. The van der Waals surface area contributed by atoms with Gasteiger partial charge in [-0.15, -0.1) is 0 Å². The SMILES string of the molecule is COc1ccc2ccccc2c1CN1CCCC(C(=O)NCCN)C1. The highest BCUT2D eigenvalue weighted by Crippen LogP contribution is 2.30. The molecule has 1 aliphatic rings. The van der Waals surface area contributed by atoms with Crippen LogP contribution in [0.2, 0.25) is 0 Å². The number of amides is 1. The van der Waals surface area contributed by atoms with Gasteiger partial charge in [0.15, 0.2) is 0 Å². The number of benzene rings is 2. The van der Waals surface area contributed by atoms with Crippen LogP contribution in [0.25, 0.3) is 10.8 Å². The number of carbonyl (C=O) groups excluding carboxylic acids is 1. The molecule has 5 nitrogen and oxygen atoms in total. The van der Waals surface area contributed by atoms with E-state index in [9.17, 15) is 4.79 Å². The second kappa shape index (κ2) is 8.32. The Hall–Kier alpha value is -2.11. The van der Waals surface area contributed by atoms with E-state index < -0.39 is 0 Å². The quantitative estimate of drug-likeness (QED) is 0.845. The van der Waals surface area contributed by atoms with Gasteiger partial charge in [-0.05, 0) is 36.2 Å². The minimum absolute atomic E-state index is 0.0428. The molecule has 2 aromatic rings. The summed E-state index contributed by atoms with van der Waals surface area (Å²) in [7, 11) is 1.72. The summed E-state index contributed by atoms with van der Waals surface area (Å²) in [4.78, 5) is 14.6. The molecule has 0 radical (unpaired) electrons. The Labute approximate surface area is 149 Å². The largest absolute Gasteiger partial charge is 0.496 e. The molecule has 134 valence electrons. The van der Waals surface area contributed by atoms with Gasteiger partial charge in [0.1, 0.15) is 5.75 Å². The van der Waals surface area contributed by atoms with Crippen LogP contribution in [0.15, 0.2) is 36.4 Å². The molecule has 1 heterocycles.